The lowest BCUT2D eigenvalue weighted by Gasteiger charge is -2.10. The molecule has 0 unspecified atom stereocenters. The van der Waals surface area contributed by atoms with Crippen molar-refractivity contribution in [2.45, 2.75) is 25.5 Å². The summed E-state index contributed by atoms with van der Waals surface area (Å²) in [6, 6.07) is 14.5. The smallest absolute Gasteiger partial charge is 0.251 e. The molecular weight excluding hydrogens is 290 g/mol. The van der Waals surface area contributed by atoms with Crippen molar-refractivity contribution in [3.05, 3.63) is 59.2 Å². The van der Waals surface area contributed by atoms with Crippen LogP contribution in [0, 0.1) is 0 Å². The van der Waals surface area contributed by atoms with Gasteiger partial charge in [-0.25, -0.2) is 0 Å². The van der Waals surface area contributed by atoms with Crippen LogP contribution in [-0.2, 0) is 6.42 Å². The molecule has 0 atom stereocenters. The molecule has 1 aliphatic carbocycles. The van der Waals surface area contributed by atoms with Crippen molar-refractivity contribution in [1.29, 1.82) is 0 Å². The number of rotatable bonds is 5. The second-order valence-corrected chi connectivity index (χ2v) is 7.53. The molecule has 0 aromatic heterocycles. The van der Waals surface area contributed by atoms with E-state index in [1.54, 1.807) is 0 Å². The summed E-state index contributed by atoms with van der Waals surface area (Å²) in [5, 5.41) is 3.66. The van der Waals surface area contributed by atoms with Crippen molar-refractivity contribution in [2.75, 3.05) is 12.3 Å². The number of fused-ring (bicyclic) bond motifs is 3. The Morgan fingerprint density at radius 3 is 2.73 bits per heavy atom. The van der Waals surface area contributed by atoms with E-state index in [1.165, 1.54) is 16.7 Å². The van der Waals surface area contributed by atoms with Crippen molar-refractivity contribution in [3.63, 3.8) is 0 Å². The Morgan fingerprint density at radius 2 is 1.91 bits per heavy atom. The van der Waals surface area contributed by atoms with Gasteiger partial charge in [-0.05, 0) is 40.0 Å². The van der Waals surface area contributed by atoms with Crippen LogP contribution in [-0.4, -0.2) is 23.5 Å². The van der Waals surface area contributed by atoms with E-state index in [1.807, 2.05) is 23.9 Å². The van der Waals surface area contributed by atoms with Gasteiger partial charge in [0, 0.05) is 17.9 Å². The number of thioether (sulfide) groups is 1. The molecule has 0 bridgehead atoms. The SMILES string of the molecule is CC(C)SCCNC(=O)c1cccc2c1Cc1ccccc1-2. The molecule has 3 heteroatoms. The van der Waals surface area contributed by atoms with E-state index < -0.39 is 0 Å². The number of carbonyl (C=O) groups excluding carboxylic acids is 1. The third-order valence-corrected chi connectivity index (χ3v) is 5.04. The first-order valence-electron chi connectivity index (χ1n) is 7.77. The summed E-state index contributed by atoms with van der Waals surface area (Å²) < 4.78 is 0. The number of nitrogens with one attached hydrogen (secondary N) is 1. The monoisotopic (exact) mass is 311 g/mol. The Kier molecular flexibility index (Phi) is 4.53. The topological polar surface area (TPSA) is 29.1 Å². The van der Waals surface area contributed by atoms with Gasteiger partial charge < -0.3 is 5.32 Å². The molecule has 2 aromatic carbocycles. The molecule has 0 fully saturated rings. The molecule has 2 nitrogen and oxygen atoms in total. The number of hydrogen-bond donors (Lipinski definition) is 1. The Morgan fingerprint density at radius 1 is 1.14 bits per heavy atom. The largest absolute Gasteiger partial charge is 0.351 e. The summed E-state index contributed by atoms with van der Waals surface area (Å²) in [5.74, 6) is 1.01. The first-order valence-corrected chi connectivity index (χ1v) is 8.81. The highest BCUT2D eigenvalue weighted by atomic mass is 32.2. The Balaban J connectivity index is 1.75. The first-order chi connectivity index (χ1) is 10.7. The minimum absolute atomic E-state index is 0.0500. The average molecular weight is 311 g/mol. The van der Waals surface area contributed by atoms with E-state index in [-0.39, 0.29) is 5.91 Å². The molecular formula is C19H21NOS. The van der Waals surface area contributed by atoms with Crippen molar-refractivity contribution in [3.8, 4) is 11.1 Å². The van der Waals surface area contributed by atoms with Crippen molar-refractivity contribution in [2.24, 2.45) is 0 Å². The normalized spacial score (nSPS) is 12.1. The highest BCUT2D eigenvalue weighted by molar-refractivity contribution is 7.99. The van der Waals surface area contributed by atoms with Crippen LogP contribution in [0.1, 0.15) is 35.3 Å². The van der Waals surface area contributed by atoms with Crippen LogP contribution in [0.5, 0.6) is 0 Å². The maximum absolute atomic E-state index is 12.5. The molecule has 0 heterocycles. The molecule has 1 amide bonds. The van der Waals surface area contributed by atoms with E-state index in [4.69, 9.17) is 0 Å². The molecule has 1 N–H and O–H groups in total. The van der Waals surface area contributed by atoms with Crippen molar-refractivity contribution < 1.29 is 4.79 Å². The average Bonchev–Trinajstić information content (AvgIpc) is 2.89. The van der Waals surface area contributed by atoms with Gasteiger partial charge in [0.15, 0.2) is 0 Å². The predicted molar refractivity (Wildman–Crippen MR) is 94.6 cm³/mol. The number of carbonyl (C=O) groups is 1. The number of amides is 1. The van der Waals surface area contributed by atoms with Gasteiger partial charge in [0.25, 0.3) is 5.91 Å². The van der Waals surface area contributed by atoms with Gasteiger partial charge in [0.05, 0.1) is 0 Å². The number of hydrogen-bond acceptors (Lipinski definition) is 2. The molecule has 0 spiro atoms. The quantitative estimate of drug-likeness (QED) is 0.718. The lowest BCUT2D eigenvalue weighted by atomic mass is 10.0. The van der Waals surface area contributed by atoms with Gasteiger partial charge in [0.1, 0.15) is 0 Å². The zero-order valence-electron chi connectivity index (χ0n) is 13.1. The molecule has 0 saturated heterocycles. The van der Waals surface area contributed by atoms with Crippen LogP contribution in [0.25, 0.3) is 11.1 Å². The molecule has 0 aliphatic heterocycles. The molecule has 22 heavy (non-hydrogen) atoms. The zero-order chi connectivity index (χ0) is 15.5. The van der Waals surface area contributed by atoms with Crippen LogP contribution in [0.2, 0.25) is 0 Å². The summed E-state index contributed by atoms with van der Waals surface area (Å²) >= 11 is 1.87. The van der Waals surface area contributed by atoms with E-state index in [2.05, 4.69) is 49.5 Å². The Bertz CT molecular complexity index is 694. The van der Waals surface area contributed by atoms with Crippen LogP contribution >= 0.6 is 11.8 Å². The van der Waals surface area contributed by atoms with Crippen molar-refractivity contribution >= 4 is 17.7 Å². The van der Waals surface area contributed by atoms with Crippen LogP contribution < -0.4 is 5.32 Å². The molecule has 1 aliphatic rings. The standard InChI is InChI=1S/C19H21NOS/c1-13(2)22-11-10-20-19(21)17-9-5-8-16-15-7-4-3-6-14(15)12-18(16)17/h3-9,13H,10-12H2,1-2H3,(H,20,21). The molecule has 114 valence electrons. The predicted octanol–water partition coefficient (Wildman–Crippen LogP) is 4.13. The zero-order valence-corrected chi connectivity index (χ0v) is 13.9. The maximum atomic E-state index is 12.5. The highest BCUT2D eigenvalue weighted by Gasteiger charge is 2.22. The second-order valence-electron chi connectivity index (χ2n) is 5.84. The lowest BCUT2D eigenvalue weighted by Crippen LogP contribution is -2.27. The summed E-state index contributed by atoms with van der Waals surface area (Å²) in [7, 11) is 0. The molecule has 0 saturated carbocycles. The maximum Gasteiger partial charge on any atom is 0.251 e. The summed E-state index contributed by atoms with van der Waals surface area (Å²) in [5.41, 5.74) is 5.77. The second kappa shape index (κ2) is 6.57. The van der Waals surface area contributed by atoms with Gasteiger partial charge in [-0.1, -0.05) is 50.2 Å². The molecule has 0 radical (unpaired) electrons. The van der Waals surface area contributed by atoms with Crippen LogP contribution in [0.15, 0.2) is 42.5 Å². The fraction of sp³-hybridized carbons (Fsp3) is 0.316. The summed E-state index contributed by atoms with van der Waals surface area (Å²) in [6.07, 6.45) is 0.857. The van der Waals surface area contributed by atoms with Gasteiger partial charge in [0.2, 0.25) is 0 Å². The fourth-order valence-electron chi connectivity index (χ4n) is 2.92. The summed E-state index contributed by atoms with van der Waals surface area (Å²) in [6.45, 7) is 5.07. The third-order valence-electron chi connectivity index (χ3n) is 3.93. The molecule has 3 rings (SSSR count). The van der Waals surface area contributed by atoms with Crippen LogP contribution in [0.4, 0.5) is 0 Å². The highest BCUT2D eigenvalue weighted by Crippen LogP contribution is 2.37. The first kappa shape index (κ1) is 15.2. The van der Waals surface area contributed by atoms with Gasteiger partial charge >= 0.3 is 0 Å². The Hall–Kier alpha value is -1.74. The van der Waals surface area contributed by atoms with E-state index in [9.17, 15) is 4.79 Å². The fourth-order valence-corrected chi connectivity index (χ4v) is 3.62. The van der Waals surface area contributed by atoms with E-state index in [0.717, 1.165) is 29.8 Å². The van der Waals surface area contributed by atoms with Gasteiger partial charge in [-0.3, -0.25) is 4.79 Å². The van der Waals surface area contributed by atoms with Gasteiger partial charge in [-0.2, -0.15) is 11.8 Å². The van der Waals surface area contributed by atoms with Crippen LogP contribution in [0.3, 0.4) is 0 Å². The Labute approximate surface area is 136 Å². The summed E-state index contributed by atoms with van der Waals surface area (Å²) in [4.78, 5) is 12.5. The minimum Gasteiger partial charge on any atom is -0.351 e. The number of benzene rings is 2. The lowest BCUT2D eigenvalue weighted by molar-refractivity contribution is 0.0955. The van der Waals surface area contributed by atoms with Gasteiger partial charge in [-0.15, -0.1) is 0 Å². The molecule has 2 aromatic rings. The van der Waals surface area contributed by atoms with E-state index >= 15 is 0 Å². The minimum atomic E-state index is 0.0500. The van der Waals surface area contributed by atoms with Crippen molar-refractivity contribution in [1.82, 2.24) is 5.32 Å². The third kappa shape index (κ3) is 3.05. The van der Waals surface area contributed by atoms with E-state index in [0.29, 0.717) is 5.25 Å².